The number of halogens is 1. The number of benzene rings is 2. The quantitative estimate of drug-likeness (QED) is 0.240. The van der Waals surface area contributed by atoms with Gasteiger partial charge in [-0.15, -0.1) is 0 Å². The van der Waals surface area contributed by atoms with Crippen LogP contribution in [0.1, 0.15) is 68.9 Å². The summed E-state index contributed by atoms with van der Waals surface area (Å²) in [6.07, 6.45) is -1.22. The van der Waals surface area contributed by atoms with E-state index in [-0.39, 0.29) is 37.1 Å². The first-order chi connectivity index (χ1) is 17.6. The second-order valence-electron chi connectivity index (χ2n) is 9.89. The van der Waals surface area contributed by atoms with E-state index in [9.17, 15) is 24.2 Å². The third-order valence-corrected chi connectivity index (χ3v) is 6.19. The minimum Gasteiger partial charge on any atom is -0.463 e. The Labute approximate surface area is 217 Å². The molecule has 0 spiro atoms. The van der Waals surface area contributed by atoms with Gasteiger partial charge in [-0.1, -0.05) is 44.2 Å². The number of aromatic nitrogens is 1. The van der Waals surface area contributed by atoms with Gasteiger partial charge in [0.2, 0.25) is 0 Å². The van der Waals surface area contributed by atoms with Gasteiger partial charge in [0.15, 0.2) is 6.29 Å². The van der Waals surface area contributed by atoms with Gasteiger partial charge in [0.1, 0.15) is 5.82 Å². The summed E-state index contributed by atoms with van der Waals surface area (Å²) in [4.78, 5) is 24.3. The number of ether oxygens (including phenoxy) is 1. The van der Waals surface area contributed by atoms with Crippen molar-refractivity contribution in [2.24, 2.45) is 0 Å². The third kappa shape index (κ3) is 7.14. The number of aliphatic hydroxyl groups is 2. The second kappa shape index (κ2) is 12.8. The fourth-order valence-corrected chi connectivity index (χ4v) is 4.73. The molecule has 0 bridgehead atoms. The zero-order chi connectivity index (χ0) is 27.1. The molecule has 1 heterocycles. The number of carbonyl (C=O) groups is 2. The smallest absolute Gasteiger partial charge is 0.308 e. The van der Waals surface area contributed by atoms with E-state index in [1.54, 1.807) is 26.0 Å². The van der Waals surface area contributed by atoms with Crippen LogP contribution in [-0.4, -0.2) is 45.3 Å². The number of rotatable bonds is 12. The molecule has 3 rings (SSSR count). The Kier molecular flexibility index (Phi) is 9.78. The molecule has 1 aromatic heterocycles. The minimum atomic E-state index is -1.03. The lowest BCUT2D eigenvalue weighted by Gasteiger charge is -2.20. The average Bonchev–Trinajstić information content (AvgIpc) is 3.17. The van der Waals surface area contributed by atoms with Crippen molar-refractivity contribution >= 4 is 12.3 Å². The van der Waals surface area contributed by atoms with Crippen molar-refractivity contribution in [1.82, 2.24) is 4.57 Å². The molecule has 0 aliphatic rings. The summed E-state index contributed by atoms with van der Waals surface area (Å²) in [6.45, 7) is 7.83. The van der Waals surface area contributed by atoms with E-state index in [0.717, 1.165) is 34.4 Å². The maximum Gasteiger partial charge on any atom is 0.308 e. The van der Waals surface area contributed by atoms with Gasteiger partial charge in [-0.3, -0.25) is 9.59 Å². The van der Waals surface area contributed by atoms with Crippen LogP contribution in [0.2, 0.25) is 0 Å². The minimum absolute atomic E-state index is 0.00889. The lowest BCUT2D eigenvalue weighted by atomic mass is 9.96. The number of hydrogen-bond acceptors (Lipinski definition) is 5. The van der Waals surface area contributed by atoms with Crippen molar-refractivity contribution in [3.63, 3.8) is 0 Å². The Morgan fingerprint density at radius 2 is 1.62 bits per heavy atom. The molecule has 3 aromatic rings. The monoisotopic (exact) mass is 509 g/mol. The SMILES string of the molecule is CC(C)OC(=O)CC(O)CC(O)CCn1c(-c2ccc(F)cc2)c(-c2ccccc2)c(C=O)c1C(C)C. The molecule has 2 atom stereocenters. The molecule has 0 aliphatic heterocycles. The zero-order valence-corrected chi connectivity index (χ0v) is 21.9. The van der Waals surface area contributed by atoms with Crippen LogP contribution in [0.25, 0.3) is 22.4 Å². The first-order valence-electron chi connectivity index (χ1n) is 12.7. The highest BCUT2D eigenvalue weighted by Gasteiger charge is 2.27. The Morgan fingerprint density at radius 1 is 0.973 bits per heavy atom. The molecule has 0 fully saturated rings. The molecule has 2 N–H and O–H groups in total. The molecule has 198 valence electrons. The molecule has 2 unspecified atom stereocenters. The van der Waals surface area contributed by atoms with Crippen molar-refractivity contribution in [1.29, 1.82) is 0 Å². The fraction of sp³-hybridized carbons (Fsp3) is 0.400. The second-order valence-corrected chi connectivity index (χ2v) is 9.89. The van der Waals surface area contributed by atoms with Gasteiger partial charge in [0.25, 0.3) is 0 Å². The number of carbonyl (C=O) groups excluding carboxylic acids is 2. The van der Waals surface area contributed by atoms with E-state index in [2.05, 4.69) is 0 Å². The molecular weight excluding hydrogens is 473 g/mol. The van der Waals surface area contributed by atoms with E-state index in [1.165, 1.54) is 12.1 Å². The maximum atomic E-state index is 13.8. The van der Waals surface area contributed by atoms with E-state index >= 15 is 0 Å². The van der Waals surface area contributed by atoms with Crippen molar-refractivity contribution < 1.29 is 28.9 Å². The van der Waals surface area contributed by atoms with Crippen LogP contribution in [0.5, 0.6) is 0 Å². The molecular formula is C30H36FNO5. The maximum absolute atomic E-state index is 13.8. The molecule has 37 heavy (non-hydrogen) atoms. The highest BCUT2D eigenvalue weighted by atomic mass is 19.1. The van der Waals surface area contributed by atoms with Crippen LogP contribution in [0.4, 0.5) is 4.39 Å². The Balaban J connectivity index is 1.98. The summed E-state index contributed by atoms with van der Waals surface area (Å²) in [6, 6.07) is 15.7. The summed E-state index contributed by atoms with van der Waals surface area (Å²) in [5.74, 6) is -0.877. The molecule has 0 amide bonds. The van der Waals surface area contributed by atoms with E-state index in [1.807, 2.05) is 48.7 Å². The first-order valence-corrected chi connectivity index (χ1v) is 12.7. The first kappa shape index (κ1) is 28.3. The number of aliphatic hydroxyl groups excluding tert-OH is 2. The fourth-order valence-electron chi connectivity index (χ4n) is 4.73. The van der Waals surface area contributed by atoms with Gasteiger partial charge < -0.3 is 19.5 Å². The molecule has 0 saturated heterocycles. The predicted molar refractivity (Wildman–Crippen MR) is 142 cm³/mol. The summed E-state index contributed by atoms with van der Waals surface area (Å²) in [5, 5.41) is 21.0. The van der Waals surface area contributed by atoms with Crippen molar-refractivity contribution in [2.75, 3.05) is 0 Å². The standard InChI is InChI=1S/C30H36FNO5/c1-19(2)29-26(18-33)28(21-8-6-5-7-9-21)30(22-10-12-23(31)13-11-22)32(29)15-14-24(34)16-25(35)17-27(36)37-20(3)4/h5-13,18-20,24-25,34-35H,14-17H2,1-4H3. The predicted octanol–water partition coefficient (Wildman–Crippen LogP) is 5.74. The van der Waals surface area contributed by atoms with Gasteiger partial charge in [-0.25, -0.2) is 4.39 Å². The largest absolute Gasteiger partial charge is 0.463 e. The summed E-state index contributed by atoms with van der Waals surface area (Å²) in [5.41, 5.74) is 4.53. The van der Waals surface area contributed by atoms with E-state index in [4.69, 9.17) is 4.74 Å². The molecule has 6 nitrogen and oxygen atoms in total. The van der Waals surface area contributed by atoms with Crippen LogP contribution in [-0.2, 0) is 16.1 Å². The van der Waals surface area contributed by atoms with E-state index < -0.39 is 18.2 Å². The Hall–Kier alpha value is -3.29. The molecule has 7 heteroatoms. The van der Waals surface area contributed by atoms with Crippen LogP contribution < -0.4 is 0 Å². The number of nitrogens with zero attached hydrogens (tertiary/aromatic N) is 1. The lowest BCUT2D eigenvalue weighted by molar-refractivity contribution is -0.149. The van der Waals surface area contributed by atoms with Gasteiger partial charge in [0.05, 0.1) is 30.4 Å². The number of aldehydes is 1. The lowest BCUT2D eigenvalue weighted by Crippen LogP contribution is -2.24. The van der Waals surface area contributed by atoms with Gasteiger partial charge in [-0.2, -0.15) is 0 Å². The Morgan fingerprint density at radius 3 is 2.19 bits per heavy atom. The third-order valence-electron chi connectivity index (χ3n) is 6.19. The highest BCUT2D eigenvalue weighted by Crippen LogP contribution is 2.41. The summed E-state index contributed by atoms with van der Waals surface area (Å²) < 4.78 is 20.9. The summed E-state index contributed by atoms with van der Waals surface area (Å²) in [7, 11) is 0. The Bertz CT molecular complexity index is 1180. The number of hydrogen-bond donors (Lipinski definition) is 2. The van der Waals surface area contributed by atoms with Gasteiger partial charge >= 0.3 is 5.97 Å². The van der Waals surface area contributed by atoms with Crippen LogP contribution in [0, 0.1) is 5.82 Å². The molecule has 2 aromatic carbocycles. The normalized spacial score (nSPS) is 13.1. The number of esters is 1. The van der Waals surface area contributed by atoms with Crippen LogP contribution >= 0.6 is 0 Å². The van der Waals surface area contributed by atoms with Crippen molar-refractivity contribution in [3.8, 4) is 22.4 Å². The topological polar surface area (TPSA) is 88.8 Å². The molecule has 0 radical (unpaired) electrons. The van der Waals surface area contributed by atoms with Crippen LogP contribution in [0.15, 0.2) is 54.6 Å². The van der Waals surface area contributed by atoms with Gasteiger partial charge in [-0.05, 0) is 68.0 Å². The average molecular weight is 510 g/mol. The van der Waals surface area contributed by atoms with Gasteiger partial charge in [0, 0.05) is 23.4 Å². The summed E-state index contributed by atoms with van der Waals surface area (Å²) >= 11 is 0. The van der Waals surface area contributed by atoms with Crippen molar-refractivity contribution in [2.45, 2.75) is 77.7 Å². The van der Waals surface area contributed by atoms with E-state index in [0.29, 0.717) is 12.1 Å². The van der Waals surface area contributed by atoms with Crippen molar-refractivity contribution in [3.05, 3.63) is 71.7 Å². The highest BCUT2D eigenvalue weighted by molar-refractivity contribution is 5.97. The van der Waals surface area contributed by atoms with Crippen LogP contribution in [0.3, 0.4) is 0 Å². The molecule has 0 saturated carbocycles. The zero-order valence-electron chi connectivity index (χ0n) is 21.9. The molecule has 0 aliphatic carbocycles.